The Morgan fingerprint density at radius 2 is 2.05 bits per heavy atom. The molecule has 114 valence electrons. The number of carboxylic acid groups (broad SMARTS) is 1. The molecule has 22 heavy (non-hydrogen) atoms. The number of nitrogens with zero attached hydrogens (tertiary/aromatic N) is 2. The third-order valence-electron chi connectivity index (χ3n) is 2.93. The van der Waals surface area contributed by atoms with E-state index in [1.807, 2.05) is 37.3 Å². The van der Waals surface area contributed by atoms with E-state index in [9.17, 15) is 4.79 Å². The van der Waals surface area contributed by atoms with Crippen LogP contribution in [0.5, 0.6) is 0 Å². The zero-order valence-corrected chi connectivity index (χ0v) is 12.5. The average Bonchev–Trinajstić information content (AvgIpc) is 2.48. The molecule has 0 spiro atoms. The van der Waals surface area contributed by atoms with Gasteiger partial charge in [0, 0.05) is 30.1 Å². The molecule has 0 bridgehead atoms. The van der Waals surface area contributed by atoms with Gasteiger partial charge in [0.25, 0.3) is 0 Å². The van der Waals surface area contributed by atoms with E-state index in [2.05, 4.69) is 20.6 Å². The van der Waals surface area contributed by atoms with Gasteiger partial charge in [0.05, 0.1) is 0 Å². The Labute approximate surface area is 128 Å². The van der Waals surface area contributed by atoms with E-state index in [0.29, 0.717) is 29.4 Å². The number of hydrogen-bond donors (Lipinski definition) is 3. The van der Waals surface area contributed by atoms with Gasteiger partial charge in [0.1, 0.15) is 5.82 Å². The summed E-state index contributed by atoms with van der Waals surface area (Å²) in [5.74, 6) is 0.0615. The molecular weight excluding hydrogens is 280 g/mol. The Morgan fingerprint density at radius 3 is 2.68 bits per heavy atom. The van der Waals surface area contributed by atoms with Crippen LogP contribution in [-0.2, 0) is 4.79 Å². The number of aliphatic carboxylic acids is 1. The molecular formula is C16H18N4O2. The highest BCUT2D eigenvalue weighted by Gasteiger charge is 2.09. The molecule has 0 saturated heterocycles. The molecule has 0 unspecified atom stereocenters. The van der Waals surface area contributed by atoms with Gasteiger partial charge in [-0.15, -0.1) is 0 Å². The molecule has 3 N–H and O–H groups in total. The SMILES string of the molecule is CCNc1nc(Nc2ccccc2)ncc1C(C)=CC(=O)O. The van der Waals surface area contributed by atoms with E-state index in [-0.39, 0.29) is 0 Å². The lowest BCUT2D eigenvalue weighted by Crippen LogP contribution is -2.07. The van der Waals surface area contributed by atoms with Crippen LogP contribution in [0.15, 0.2) is 42.6 Å². The molecule has 0 fully saturated rings. The molecule has 0 saturated carbocycles. The number of benzene rings is 1. The smallest absolute Gasteiger partial charge is 0.328 e. The summed E-state index contributed by atoms with van der Waals surface area (Å²) < 4.78 is 0. The van der Waals surface area contributed by atoms with Gasteiger partial charge in [0.15, 0.2) is 0 Å². The number of allylic oxidation sites excluding steroid dienone is 1. The van der Waals surface area contributed by atoms with Crippen molar-refractivity contribution in [2.24, 2.45) is 0 Å². The fourth-order valence-corrected chi connectivity index (χ4v) is 1.95. The standard InChI is InChI=1S/C16H18N4O2/c1-3-17-15-13(11(2)9-14(21)22)10-18-16(20-15)19-12-7-5-4-6-8-12/h4-10H,3H2,1-2H3,(H,21,22)(H2,17,18,19,20). The average molecular weight is 298 g/mol. The molecule has 1 heterocycles. The number of carboxylic acids is 1. The van der Waals surface area contributed by atoms with Crippen LogP contribution < -0.4 is 10.6 Å². The van der Waals surface area contributed by atoms with Crippen LogP contribution >= 0.6 is 0 Å². The van der Waals surface area contributed by atoms with Gasteiger partial charge in [-0.05, 0) is 31.6 Å². The molecule has 1 aromatic carbocycles. The maximum Gasteiger partial charge on any atom is 0.328 e. The van der Waals surface area contributed by atoms with Crippen molar-refractivity contribution in [2.75, 3.05) is 17.2 Å². The first-order chi connectivity index (χ1) is 10.6. The van der Waals surface area contributed by atoms with Crippen molar-refractivity contribution in [3.63, 3.8) is 0 Å². The van der Waals surface area contributed by atoms with Crippen LogP contribution in [0.4, 0.5) is 17.5 Å². The van der Waals surface area contributed by atoms with Crippen molar-refractivity contribution in [2.45, 2.75) is 13.8 Å². The molecule has 0 aliphatic heterocycles. The molecule has 0 aliphatic rings. The van der Waals surface area contributed by atoms with E-state index in [1.165, 1.54) is 0 Å². The third kappa shape index (κ3) is 4.05. The minimum Gasteiger partial charge on any atom is -0.478 e. The van der Waals surface area contributed by atoms with Gasteiger partial charge >= 0.3 is 5.97 Å². The fourth-order valence-electron chi connectivity index (χ4n) is 1.95. The highest BCUT2D eigenvalue weighted by Crippen LogP contribution is 2.23. The number of para-hydroxylation sites is 1. The minimum absolute atomic E-state index is 0.453. The zero-order chi connectivity index (χ0) is 15.9. The van der Waals surface area contributed by atoms with E-state index in [1.54, 1.807) is 13.1 Å². The second-order valence-electron chi connectivity index (χ2n) is 4.64. The number of anilines is 3. The highest BCUT2D eigenvalue weighted by atomic mass is 16.4. The number of rotatable bonds is 6. The van der Waals surface area contributed by atoms with Gasteiger partial charge in [-0.2, -0.15) is 4.98 Å². The highest BCUT2D eigenvalue weighted by molar-refractivity contribution is 5.91. The van der Waals surface area contributed by atoms with Crippen molar-refractivity contribution < 1.29 is 9.90 Å². The molecule has 0 amide bonds. The van der Waals surface area contributed by atoms with Gasteiger partial charge in [-0.1, -0.05) is 18.2 Å². The largest absolute Gasteiger partial charge is 0.478 e. The van der Waals surface area contributed by atoms with Gasteiger partial charge < -0.3 is 15.7 Å². The quantitative estimate of drug-likeness (QED) is 0.710. The lowest BCUT2D eigenvalue weighted by molar-refractivity contribution is -0.131. The van der Waals surface area contributed by atoms with Crippen molar-refractivity contribution in [3.05, 3.63) is 48.2 Å². The second-order valence-corrected chi connectivity index (χ2v) is 4.64. The van der Waals surface area contributed by atoms with Crippen molar-refractivity contribution >= 4 is 29.0 Å². The number of hydrogen-bond acceptors (Lipinski definition) is 5. The predicted molar refractivity (Wildman–Crippen MR) is 87.2 cm³/mol. The van der Waals surface area contributed by atoms with Crippen LogP contribution in [0.25, 0.3) is 5.57 Å². The Morgan fingerprint density at radius 1 is 1.32 bits per heavy atom. The molecule has 1 aromatic heterocycles. The van der Waals surface area contributed by atoms with Crippen molar-refractivity contribution in [1.82, 2.24) is 9.97 Å². The summed E-state index contributed by atoms with van der Waals surface area (Å²) in [6.07, 6.45) is 2.76. The number of nitrogens with one attached hydrogen (secondary N) is 2. The molecule has 6 heteroatoms. The first kappa shape index (κ1) is 15.5. The lowest BCUT2D eigenvalue weighted by atomic mass is 10.1. The van der Waals surface area contributed by atoms with Crippen LogP contribution in [0.3, 0.4) is 0 Å². The topological polar surface area (TPSA) is 87.1 Å². The maximum atomic E-state index is 10.8. The molecule has 6 nitrogen and oxygen atoms in total. The minimum atomic E-state index is -0.994. The summed E-state index contributed by atoms with van der Waals surface area (Å²) in [5, 5.41) is 15.1. The fraction of sp³-hybridized carbons (Fsp3) is 0.188. The van der Waals surface area contributed by atoms with Crippen LogP contribution in [-0.4, -0.2) is 27.6 Å². The normalized spacial score (nSPS) is 11.1. The summed E-state index contributed by atoms with van der Waals surface area (Å²) in [6.45, 7) is 4.35. The first-order valence-electron chi connectivity index (χ1n) is 6.94. The number of carbonyl (C=O) groups is 1. The van der Waals surface area contributed by atoms with Crippen LogP contribution in [0.1, 0.15) is 19.4 Å². The van der Waals surface area contributed by atoms with Crippen LogP contribution in [0.2, 0.25) is 0 Å². The number of aromatic nitrogens is 2. The predicted octanol–water partition coefficient (Wildman–Crippen LogP) is 3.14. The Hall–Kier alpha value is -2.89. The lowest BCUT2D eigenvalue weighted by Gasteiger charge is -2.12. The maximum absolute atomic E-state index is 10.8. The van der Waals surface area contributed by atoms with E-state index in [4.69, 9.17) is 5.11 Å². The Balaban J connectivity index is 2.32. The van der Waals surface area contributed by atoms with Gasteiger partial charge in [-0.3, -0.25) is 0 Å². The monoisotopic (exact) mass is 298 g/mol. The van der Waals surface area contributed by atoms with Gasteiger partial charge in [0.2, 0.25) is 5.95 Å². The molecule has 0 atom stereocenters. The van der Waals surface area contributed by atoms with E-state index in [0.717, 1.165) is 11.8 Å². The Kier molecular flexibility index (Phi) is 5.08. The van der Waals surface area contributed by atoms with E-state index < -0.39 is 5.97 Å². The van der Waals surface area contributed by atoms with Crippen molar-refractivity contribution in [1.29, 1.82) is 0 Å². The molecule has 2 rings (SSSR count). The summed E-state index contributed by atoms with van der Waals surface area (Å²) >= 11 is 0. The summed E-state index contributed by atoms with van der Waals surface area (Å²) in [6, 6.07) is 9.60. The second kappa shape index (κ2) is 7.21. The molecule has 0 radical (unpaired) electrons. The Bertz CT molecular complexity index is 684. The van der Waals surface area contributed by atoms with Crippen LogP contribution in [0, 0.1) is 0 Å². The first-order valence-corrected chi connectivity index (χ1v) is 6.94. The third-order valence-corrected chi connectivity index (χ3v) is 2.93. The summed E-state index contributed by atoms with van der Waals surface area (Å²) in [4.78, 5) is 19.5. The van der Waals surface area contributed by atoms with Gasteiger partial charge in [-0.25, -0.2) is 9.78 Å². The zero-order valence-electron chi connectivity index (χ0n) is 12.5. The summed E-state index contributed by atoms with van der Waals surface area (Å²) in [5.41, 5.74) is 2.15. The molecule has 2 aromatic rings. The summed E-state index contributed by atoms with van der Waals surface area (Å²) in [7, 11) is 0. The molecule has 0 aliphatic carbocycles. The van der Waals surface area contributed by atoms with Crippen molar-refractivity contribution in [3.8, 4) is 0 Å². The van der Waals surface area contributed by atoms with E-state index >= 15 is 0 Å².